The van der Waals surface area contributed by atoms with E-state index in [4.69, 9.17) is 27.9 Å². The van der Waals surface area contributed by atoms with Gasteiger partial charge in [-0.15, -0.1) is 0 Å². The third-order valence-electron chi connectivity index (χ3n) is 2.78. The van der Waals surface area contributed by atoms with Gasteiger partial charge in [0.15, 0.2) is 0 Å². The lowest BCUT2D eigenvalue weighted by Gasteiger charge is -2.04. The van der Waals surface area contributed by atoms with Gasteiger partial charge in [0.1, 0.15) is 5.75 Å². The third kappa shape index (κ3) is 4.23. The summed E-state index contributed by atoms with van der Waals surface area (Å²) < 4.78 is 5.32. The van der Waals surface area contributed by atoms with Gasteiger partial charge in [0.05, 0.1) is 22.9 Å². The van der Waals surface area contributed by atoms with Gasteiger partial charge >= 0.3 is 0 Å². The SMILES string of the molecule is CCOc1ccc(C(=O)N/N=C/c2cccc(Cl)c2Cl)cc1. The number of nitrogens with zero attached hydrogens (tertiary/aromatic N) is 1. The van der Waals surface area contributed by atoms with Crippen molar-refractivity contribution in [3.8, 4) is 5.75 Å². The summed E-state index contributed by atoms with van der Waals surface area (Å²) in [5.74, 6) is 0.394. The Balaban J connectivity index is 2.00. The molecule has 22 heavy (non-hydrogen) atoms. The summed E-state index contributed by atoms with van der Waals surface area (Å²) in [5, 5.41) is 4.71. The molecule has 0 aromatic heterocycles. The highest BCUT2D eigenvalue weighted by atomic mass is 35.5. The molecule has 0 fully saturated rings. The Bertz CT molecular complexity index is 685. The molecule has 2 aromatic rings. The molecule has 0 saturated heterocycles. The molecule has 0 bridgehead atoms. The molecule has 6 heteroatoms. The van der Waals surface area contributed by atoms with Gasteiger partial charge in [-0.3, -0.25) is 4.79 Å². The Hall–Kier alpha value is -2.04. The smallest absolute Gasteiger partial charge is 0.271 e. The fraction of sp³-hybridized carbons (Fsp3) is 0.125. The van der Waals surface area contributed by atoms with Gasteiger partial charge in [0, 0.05) is 11.1 Å². The number of hydrazone groups is 1. The van der Waals surface area contributed by atoms with Gasteiger partial charge < -0.3 is 4.74 Å². The monoisotopic (exact) mass is 336 g/mol. The minimum Gasteiger partial charge on any atom is -0.494 e. The van der Waals surface area contributed by atoms with Crippen LogP contribution < -0.4 is 10.2 Å². The molecule has 114 valence electrons. The second kappa shape index (κ2) is 7.82. The average Bonchev–Trinajstić information content (AvgIpc) is 2.52. The zero-order chi connectivity index (χ0) is 15.9. The predicted octanol–water partition coefficient (Wildman–Crippen LogP) is 4.16. The number of rotatable bonds is 5. The van der Waals surface area contributed by atoms with Crippen molar-refractivity contribution in [3.05, 3.63) is 63.6 Å². The van der Waals surface area contributed by atoms with E-state index < -0.39 is 0 Å². The van der Waals surface area contributed by atoms with Crippen LogP contribution in [0.3, 0.4) is 0 Å². The van der Waals surface area contributed by atoms with E-state index in [1.54, 1.807) is 42.5 Å². The standard InChI is InChI=1S/C16H14Cl2N2O2/c1-2-22-13-8-6-11(7-9-13)16(21)20-19-10-12-4-3-5-14(17)15(12)18/h3-10H,2H2,1H3,(H,20,21)/b19-10+. The Morgan fingerprint density at radius 3 is 2.64 bits per heavy atom. The molecule has 2 aromatic carbocycles. The zero-order valence-electron chi connectivity index (χ0n) is 11.8. The van der Waals surface area contributed by atoms with Crippen molar-refractivity contribution in [2.75, 3.05) is 6.61 Å². The van der Waals surface area contributed by atoms with Crippen LogP contribution in [0.15, 0.2) is 47.6 Å². The van der Waals surface area contributed by atoms with Crippen LogP contribution in [0.4, 0.5) is 0 Å². The largest absolute Gasteiger partial charge is 0.494 e. The van der Waals surface area contributed by atoms with E-state index in [-0.39, 0.29) is 5.91 Å². The van der Waals surface area contributed by atoms with Crippen molar-refractivity contribution in [1.82, 2.24) is 5.43 Å². The van der Waals surface area contributed by atoms with E-state index in [0.29, 0.717) is 33.5 Å². The van der Waals surface area contributed by atoms with E-state index in [1.807, 2.05) is 6.92 Å². The minimum absolute atomic E-state index is 0.322. The molecule has 0 unspecified atom stereocenters. The lowest BCUT2D eigenvalue weighted by Crippen LogP contribution is -2.17. The van der Waals surface area contributed by atoms with Gasteiger partial charge in [0.2, 0.25) is 0 Å². The Morgan fingerprint density at radius 2 is 1.95 bits per heavy atom. The average molecular weight is 337 g/mol. The molecule has 4 nitrogen and oxygen atoms in total. The first-order valence-corrected chi connectivity index (χ1v) is 7.37. The van der Waals surface area contributed by atoms with Gasteiger partial charge in [-0.2, -0.15) is 5.10 Å². The highest BCUT2D eigenvalue weighted by Crippen LogP contribution is 2.24. The summed E-state index contributed by atoms with van der Waals surface area (Å²) in [7, 11) is 0. The van der Waals surface area contributed by atoms with Crippen LogP contribution in [0.5, 0.6) is 5.75 Å². The van der Waals surface area contributed by atoms with E-state index in [2.05, 4.69) is 10.5 Å². The van der Waals surface area contributed by atoms with Gasteiger partial charge in [0.25, 0.3) is 5.91 Å². The van der Waals surface area contributed by atoms with Crippen LogP contribution >= 0.6 is 23.2 Å². The maximum absolute atomic E-state index is 11.9. The Kier molecular flexibility index (Phi) is 5.81. The molecule has 0 aliphatic carbocycles. The molecule has 0 aliphatic rings. The van der Waals surface area contributed by atoms with Crippen molar-refractivity contribution in [2.45, 2.75) is 6.92 Å². The number of carbonyl (C=O) groups is 1. The quantitative estimate of drug-likeness (QED) is 0.658. The van der Waals surface area contributed by atoms with Crippen LogP contribution in [0.1, 0.15) is 22.8 Å². The van der Waals surface area contributed by atoms with E-state index in [0.717, 1.165) is 0 Å². The maximum atomic E-state index is 11.9. The molecule has 1 amide bonds. The van der Waals surface area contributed by atoms with Crippen LogP contribution in [0.25, 0.3) is 0 Å². The summed E-state index contributed by atoms with van der Waals surface area (Å²) in [5.41, 5.74) is 3.54. The first-order chi connectivity index (χ1) is 10.6. The number of benzene rings is 2. The van der Waals surface area contributed by atoms with Crippen molar-refractivity contribution >= 4 is 35.3 Å². The summed E-state index contributed by atoms with van der Waals surface area (Å²) in [6, 6.07) is 12.0. The van der Waals surface area contributed by atoms with E-state index in [1.165, 1.54) is 6.21 Å². The fourth-order valence-electron chi connectivity index (χ4n) is 1.71. The Labute approximate surface area is 138 Å². The van der Waals surface area contributed by atoms with Crippen molar-refractivity contribution in [3.63, 3.8) is 0 Å². The van der Waals surface area contributed by atoms with Crippen molar-refractivity contribution < 1.29 is 9.53 Å². The number of halogens is 2. The van der Waals surface area contributed by atoms with Crippen molar-refractivity contribution in [2.24, 2.45) is 5.10 Å². The van der Waals surface area contributed by atoms with Crippen LogP contribution in [0, 0.1) is 0 Å². The summed E-state index contributed by atoms with van der Waals surface area (Å²) in [4.78, 5) is 11.9. The predicted molar refractivity (Wildman–Crippen MR) is 89.1 cm³/mol. The zero-order valence-corrected chi connectivity index (χ0v) is 13.4. The number of hydrogen-bond acceptors (Lipinski definition) is 3. The molecule has 2 rings (SSSR count). The normalized spacial score (nSPS) is 10.7. The number of ether oxygens (including phenoxy) is 1. The third-order valence-corrected chi connectivity index (χ3v) is 3.61. The molecule has 0 aliphatic heterocycles. The van der Waals surface area contributed by atoms with Gasteiger partial charge in [-0.05, 0) is 37.3 Å². The highest BCUT2D eigenvalue weighted by molar-refractivity contribution is 6.43. The maximum Gasteiger partial charge on any atom is 0.271 e. The van der Waals surface area contributed by atoms with E-state index >= 15 is 0 Å². The first kappa shape index (κ1) is 16.3. The van der Waals surface area contributed by atoms with Crippen LogP contribution in [0.2, 0.25) is 10.0 Å². The number of nitrogens with one attached hydrogen (secondary N) is 1. The van der Waals surface area contributed by atoms with Crippen LogP contribution in [-0.2, 0) is 0 Å². The number of hydrogen-bond donors (Lipinski definition) is 1. The van der Waals surface area contributed by atoms with Gasteiger partial charge in [-0.1, -0.05) is 35.3 Å². The second-order valence-electron chi connectivity index (χ2n) is 4.30. The fourth-order valence-corrected chi connectivity index (χ4v) is 2.07. The Morgan fingerprint density at radius 1 is 1.23 bits per heavy atom. The topological polar surface area (TPSA) is 50.7 Å². The lowest BCUT2D eigenvalue weighted by molar-refractivity contribution is 0.0955. The molecule has 0 saturated carbocycles. The molecule has 1 N–H and O–H groups in total. The molecular formula is C16H14Cl2N2O2. The highest BCUT2D eigenvalue weighted by Gasteiger charge is 2.05. The second-order valence-corrected chi connectivity index (χ2v) is 5.08. The first-order valence-electron chi connectivity index (χ1n) is 6.62. The van der Waals surface area contributed by atoms with Crippen LogP contribution in [-0.4, -0.2) is 18.7 Å². The molecule has 0 spiro atoms. The lowest BCUT2D eigenvalue weighted by atomic mass is 10.2. The summed E-state index contributed by atoms with van der Waals surface area (Å²) >= 11 is 11.9. The minimum atomic E-state index is -0.322. The molecule has 0 atom stereocenters. The number of carbonyl (C=O) groups excluding carboxylic acids is 1. The molecular weight excluding hydrogens is 323 g/mol. The summed E-state index contributed by atoms with van der Waals surface area (Å²) in [6.07, 6.45) is 1.45. The summed E-state index contributed by atoms with van der Waals surface area (Å²) in [6.45, 7) is 2.48. The van der Waals surface area contributed by atoms with Crippen molar-refractivity contribution in [1.29, 1.82) is 0 Å². The molecule has 0 radical (unpaired) electrons. The van der Waals surface area contributed by atoms with Gasteiger partial charge in [-0.25, -0.2) is 5.43 Å². The molecule has 0 heterocycles. The van der Waals surface area contributed by atoms with E-state index in [9.17, 15) is 4.79 Å². The number of amides is 1.